The fourth-order valence-electron chi connectivity index (χ4n) is 2.13. The summed E-state index contributed by atoms with van der Waals surface area (Å²) in [6.07, 6.45) is 3.10. The lowest BCUT2D eigenvalue weighted by Crippen LogP contribution is -2.45. The topological polar surface area (TPSA) is 46.3 Å². The van der Waals surface area contributed by atoms with Gasteiger partial charge in [0.05, 0.1) is 0 Å². The molecule has 0 saturated heterocycles. The van der Waals surface area contributed by atoms with Gasteiger partial charge in [-0.25, -0.2) is 0 Å². The average molecular weight is 218 g/mol. The van der Waals surface area contributed by atoms with Crippen LogP contribution in [0.15, 0.2) is 30.3 Å². The van der Waals surface area contributed by atoms with Crippen molar-refractivity contribution in [3.05, 3.63) is 30.3 Å². The Labute approximate surface area is 96.2 Å². The number of anilines is 1. The quantitative estimate of drug-likeness (QED) is 0.820. The number of amides is 1. The second-order valence-electron chi connectivity index (χ2n) is 4.30. The van der Waals surface area contributed by atoms with Gasteiger partial charge in [-0.15, -0.1) is 0 Å². The van der Waals surface area contributed by atoms with Crippen molar-refractivity contribution in [3.63, 3.8) is 0 Å². The summed E-state index contributed by atoms with van der Waals surface area (Å²) in [5.41, 5.74) is 6.58. The number of carbonyl (C=O) groups excluding carboxylic acids is 1. The molecule has 0 radical (unpaired) electrons. The van der Waals surface area contributed by atoms with Crippen molar-refractivity contribution < 1.29 is 4.79 Å². The Morgan fingerprint density at radius 1 is 1.44 bits per heavy atom. The number of primary amides is 1. The molecule has 1 atom stereocenters. The van der Waals surface area contributed by atoms with Crippen LogP contribution in [0.5, 0.6) is 0 Å². The van der Waals surface area contributed by atoms with Gasteiger partial charge in [0.15, 0.2) is 0 Å². The summed E-state index contributed by atoms with van der Waals surface area (Å²) < 4.78 is 0. The van der Waals surface area contributed by atoms with Gasteiger partial charge in [0.2, 0.25) is 5.91 Å². The molecule has 1 fully saturated rings. The third-order valence-corrected chi connectivity index (χ3v) is 3.05. The fraction of sp³-hybridized carbons (Fsp3) is 0.462. The number of hydrogen-bond acceptors (Lipinski definition) is 2. The molecule has 16 heavy (non-hydrogen) atoms. The Morgan fingerprint density at radius 2 is 2.06 bits per heavy atom. The molecule has 1 aromatic rings. The van der Waals surface area contributed by atoms with Crippen LogP contribution in [-0.2, 0) is 4.79 Å². The molecule has 86 valence electrons. The zero-order valence-corrected chi connectivity index (χ0v) is 9.60. The lowest BCUT2D eigenvalue weighted by atomic mass is 10.1. The van der Waals surface area contributed by atoms with Gasteiger partial charge in [-0.3, -0.25) is 4.79 Å². The Bertz CT molecular complexity index is 359. The third kappa shape index (κ3) is 2.18. The van der Waals surface area contributed by atoms with E-state index in [4.69, 9.17) is 5.73 Å². The summed E-state index contributed by atoms with van der Waals surface area (Å²) in [5, 5.41) is 0. The number of nitrogens with zero attached hydrogens (tertiary/aromatic N) is 1. The molecule has 1 aromatic carbocycles. The van der Waals surface area contributed by atoms with Gasteiger partial charge in [-0.05, 0) is 31.4 Å². The lowest BCUT2D eigenvalue weighted by molar-refractivity contribution is -0.119. The highest BCUT2D eigenvalue weighted by molar-refractivity contribution is 5.84. The van der Waals surface area contributed by atoms with E-state index in [1.54, 1.807) is 0 Å². The van der Waals surface area contributed by atoms with Crippen LogP contribution in [0, 0.1) is 0 Å². The van der Waals surface area contributed by atoms with E-state index in [-0.39, 0.29) is 11.9 Å². The van der Waals surface area contributed by atoms with Crippen LogP contribution in [0.1, 0.15) is 26.2 Å². The summed E-state index contributed by atoms with van der Waals surface area (Å²) in [7, 11) is 0. The van der Waals surface area contributed by atoms with E-state index in [0.29, 0.717) is 6.04 Å². The highest BCUT2D eigenvalue weighted by atomic mass is 16.1. The van der Waals surface area contributed by atoms with Gasteiger partial charge in [0.1, 0.15) is 6.04 Å². The van der Waals surface area contributed by atoms with Crippen LogP contribution in [-0.4, -0.2) is 18.0 Å². The van der Waals surface area contributed by atoms with E-state index >= 15 is 0 Å². The van der Waals surface area contributed by atoms with Crippen LogP contribution in [0.4, 0.5) is 5.69 Å². The Balaban J connectivity index is 2.26. The van der Waals surface area contributed by atoms with E-state index in [1.165, 1.54) is 12.8 Å². The highest BCUT2D eigenvalue weighted by Crippen LogP contribution is 2.33. The predicted octanol–water partition coefficient (Wildman–Crippen LogP) is 1.92. The number of carbonyl (C=O) groups is 1. The molecule has 1 amide bonds. The first kappa shape index (κ1) is 11.0. The van der Waals surface area contributed by atoms with Crippen molar-refractivity contribution in [2.24, 2.45) is 5.73 Å². The number of rotatable bonds is 5. The van der Waals surface area contributed by atoms with Crippen LogP contribution in [0.3, 0.4) is 0 Å². The Kier molecular flexibility index (Phi) is 3.13. The Hall–Kier alpha value is -1.51. The monoisotopic (exact) mass is 218 g/mol. The molecular formula is C13H18N2O. The average Bonchev–Trinajstić information content (AvgIpc) is 3.10. The van der Waals surface area contributed by atoms with Gasteiger partial charge < -0.3 is 10.6 Å². The van der Waals surface area contributed by atoms with Crippen LogP contribution in [0.25, 0.3) is 0 Å². The van der Waals surface area contributed by atoms with Crippen molar-refractivity contribution in [2.75, 3.05) is 4.90 Å². The maximum Gasteiger partial charge on any atom is 0.240 e. The zero-order valence-electron chi connectivity index (χ0n) is 9.60. The van der Waals surface area contributed by atoms with Crippen molar-refractivity contribution in [1.29, 1.82) is 0 Å². The van der Waals surface area contributed by atoms with Crippen LogP contribution < -0.4 is 10.6 Å². The Morgan fingerprint density at radius 3 is 2.50 bits per heavy atom. The molecule has 1 unspecified atom stereocenters. The van der Waals surface area contributed by atoms with Gasteiger partial charge >= 0.3 is 0 Å². The third-order valence-electron chi connectivity index (χ3n) is 3.05. The highest BCUT2D eigenvalue weighted by Gasteiger charge is 2.35. The van der Waals surface area contributed by atoms with Crippen molar-refractivity contribution in [2.45, 2.75) is 38.3 Å². The maximum absolute atomic E-state index is 11.5. The molecule has 1 aliphatic rings. The predicted molar refractivity (Wildman–Crippen MR) is 65.2 cm³/mol. The van der Waals surface area contributed by atoms with E-state index in [9.17, 15) is 4.79 Å². The van der Waals surface area contributed by atoms with Gasteiger partial charge in [0, 0.05) is 11.7 Å². The summed E-state index contributed by atoms with van der Waals surface area (Å²) >= 11 is 0. The molecule has 0 bridgehead atoms. The first-order valence-corrected chi connectivity index (χ1v) is 5.86. The molecule has 3 heteroatoms. The molecular weight excluding hydrogens is 200 g/mol. The van der Waals surface area contributed by atoms with E-state index in [1.807, 2.05) is 37.3 Å². The zero-order chi connectivity index (χ0) is 11.5. The van der Waals surface area contributed by atoms with E-state index in [0.717, 1.165) is 12.1 Å². The SMILES string of the molecule is CCC(C(N)=O)N(c1ccccc1)C1CC1. The van der Waals surface area contributed by atoms with Crippen molar-refractivity contribution >= 4 is 11.6 Å². The molecule has 0 aromatic heterocycles. The summed E-state index contributed by atoms with van der Waals surface area (Å²) in [6.45, 7) is 2.01. The minimum atomic E-state index is -0.224. The van der Waals surface area contributed by atoms with Gasteiger partial charge in [0.25, 0.3) is 0 Å². The number of benzene rings is 1. The largest absolute Gasteiger partial charge is 0.368 e. The molecule has 2 rings (SSSR count). The molecule has 0 spiro atoms. The molecule has 0 aliphatic heterocycles. The number of para-hydroxylation sites is 1. The van der Waals surface area contributed by atoms with E-state index in [2.05, 4.69) is 4.90 Å². The standard InChI is InChI=1S/C13H18N2O/c1-2-12(13(14)16)15(11-8-9-11)10-6-4-3-5-7-10/h3-7,11-12H,2,8-9H2,1H3,(H2,14,16). The molecule has 1 saturated carbocycles. The van der Waals surface area contributed by atoms with Crippen LogP contribution >= 0.6 is 0 Å². The maximum atomic E-state index is 11.5. The van der Waals surface area contributed by atoms with Gasteiger partial charge in [-0.2, -0.15) is 0 Å². The number of nitrogens with two attached hydrogens (primary N) is 1. The van der Waals surface area contributed by atoms with Crippen molar-refractivity contribution in [3.8, 4) is 0 Å². The second-order valence-corrected chi connectivity index (χ2v) is 4.30. The van der Waals surface area contributed by atoms with E-state index < -0.39 is 0 Å². The molecule has 2 N–H and O–H groups in total. The first-order chi connectivity index (χ1) is 7.74. The van der Waals surface area contributed by atoms with Crippen molar-refractivity contribution in [1.82, 2.24) is 0 Å². The fourth-order valence-corrected chi connectivity index (χ4v) is 2.13. The first-order valence-electron chi connectivity index (χ1n) is 5.86. The summed E-state index contributed by atoms with van der Waals surface area (Å²) in [4.78, 5) is 13.6. The smallest absolute Gasteiger partial charge is 0.240 e. The molecule has 1 aliphatic carbocycles. The minimum Gasteiger partial charge on any atom is -0.368 e. The normalized spacial score (nSPS) is 16.8. The molecule has 0 heterocycles. The summed E-state index contributed by atoms with van der Waals surface area (Å²) in [6, 6.07) is 10.4. The second kappa shape index (κ2) is 4.56. The lowest BCUT2D eigenvalue weighted by Gasteiger charge is -2.31. The van der Waals surface area contributed by atoms with Gasteiger partial charge in [-0.1, -0.05) is 25.1 Å². The number of hydrogen-bond donors (Lipinski definition) is 1. The minimum absolute atomic E-state index is 0.171. The summed E-state index contributed by atoms with van der Waals surface area (Å²) in [5.74, 6) is -0.224. The molecule has 3 nitrogen and oxygen atoms in total. The van der Waals surface area contributed by atoms with Crippen LogP contribution in [0.2, 0.25) is 0 Å².